The summed E-state index contributed by atoms with van der Waals surface area (Å²) < 4.78 is 7.54. The minimum atomic E-state index is -0.382. The van der Waals surface area contributed by atoms with E-state index in [0.717, 1.165) is 10.0 Å². The summed E-state index contributed by atoms with van der Waals surface area (Å²) in [7, 11) is 0. The summed E-state index contributed by atoms with van der Waals surface area (Å²) in [6, 6.07) is 3.65. The first-order valence-electron chi connectivity index (χ1n) is 7.18. The fourth-order valence-corrected chi connectivity index (χ4v) is 2.42. The normalized spacial score (nSPS) is 10.4. The van der Waals surface area contributed by atoms with Crippen molar-refractivity contribution in [3.8, 4) is 0 Å². The molecule has 0 aromatic carbocycles. The lowest BCUT2D eigenvalue weighted by Gasteiger charge is -2.06. The molecule has 0 aliphatic rings. The van der Waals surface area contributed by atoms with Crippen LogP contribution >= 0.6 is 15.9 Å². The molecule has 0 unspecified atom stereocenters. The Kier molecular flexibility index (Phi) is 5.54. The van der Waals surface area contributed by atoms with E-state index in [-0.39, 0.29) is 18.3 Å². The number of rotatable bonds is 5. The molecule has 0 fully saturated rings. The minimum absolute atomic E-state index is 0.00241. The highest BCUT2D eigenvalue weighted by Gasteiger charge is 2.17. The first-order chi connectivity index (χ1) is 10.9. The average molecular weight is 380 g/mol. The van der Waals surface area contributed by atoms with Crippen molar-refractivity contribution in [2.75, 3.05) is 11.9 Å². The van der Waals surface area contributed by atoms with Crippen molar-refractivity contribution in [1.82, 2.24) is 9.38 Å². The number of hydrogen-bond acceptors (Lipinski definition) is 4. The lowest BCUT2D eigenvalue weighted by Crippen LogP contribution is -2.14. The van der Waals surface area contributed by atoms with Crippen LogP contribution in [0.15, 0.2) is 34.5 Å². The van der Waals surface area contributed by atoms with Crippen molar-refractivity contribution in [2.45, 2.75) is 27.2 Å². The first kappa shape index (κ1) is 17.2. The van der Waals surface area contributed by atoms with Crippen LogP contribution in [-0.2, 0) is 20.7 Å². The Morgan fingerprint density at radius 2 is 2.13 bits per heavy atom. The first-order valence-corrected chi connectivity index (χ1v) is 7.98. The number of ether oxygens (including phenoxy) is 1. The number of allylic oxidation sites excluding steroid dienone is 1. The van der Waals surface area contributed by atoms with E-state index in [4.69, 9.17) is 4.74 Å². The molecule has 0 aliphatic carbocycles. The molecule has 0 atom stereocenters. The third-order valence-corrected chi connectivity index (χ3v) is 3.40. The van der Waals surface area contributed by atoms with E-state index in [9.17, 15) is 9.59 Å². The summed E-state index contributed by atoms with van der Waals surface area (Å²) >= 11 is 3.39. The lowest BCUT2D eigenvalue weighted by atomic mass is 10.3. The van der Waals surface area contributed by atoms with Gasteiger partial charge in [-0.1, -0.05) is 5.57 Å². The summed E-state index contributed by atoms with van der Waals surface area (Å²) in [5.41, 5.74) is 1.99. The van der Waals surface area contributed by atoms with Crippen LogP contribution in [0.3, 0.4) is 0 Å². The number of imidazole rings is 1. The Hall–Kier alpha value is -2.15. The Bertz CT molecular complexity index is 776. The topological polar surface area (TPSA) is 72.7 Å². The van der Waals surface area contributed by atoms with Gasteiger partial charge in [0.1, 0.15) is 11.5 Å². The lowest BCUT2D eigenvalue weighted by molar-refractivity contribution is -0.142. The van der Waals surface area contributed by atoms with Crippen LogP contribution in [0.2, 0.25) is 0 Å². The molecule has 7 heteroatoms. The van der Waals surface area contributed by atoms with Crippen LogP contribution in [0.1, 0.15) is 26.5 Å². The molecule has 2 aromatic rings. The zero-order valence-electron chi connectivity index (χ0n) is 13.2. The van der Waals surface area contributed by atoms with E-state index in [1.165, 1.54) is 6.08 Å². The molecule has 2 heterocycles. The molecule has 2 aromatic heterocycles. The van der Waals surface area contributed by atoms with E-state index in [2.05, 4.69) is 26.2 Å². The van der Waals surface area contributed by atoms with Crippen LogP contribution in [0, 0.1) is 0 Å². The van der Waals surface area contributed by atoms with Crippen LogP contribution in [0.25, 0.3) is 5.65 Å². The molecular formula is C16H18BrN3O3. The average Bonchev–Trinajstić information content (AvgIpc) is 2.75. The van der Waals surface area contributed by atoms with E-state index >= 15 is 0 Å². The predicted molar refractivity (Wildman–Crippen MR) is 91.3 cm³/mol. The number of anilines is 1. The summed E-state index contributed by atoms with van der Waals surface area (Å²) in [4.78, 5) is 28.2. The maximum absolute atomic E-state index is 12.1. The van der Waals surface area contributed by atoms with Gasteiger partial charge in [-0.15, -0.1) is 0 Å². The molecule has 0 aliphatic heterocycles. The summed E-state index contributed by atoms with van der Waals surface area (Å²) in [5, 5.41) is 2.80. The summed E-state index contributed by atoms with van der Waals surface area (Å²) in [6.45, 7) is 5.72. The second-order valence-electron chi connectivity index (χ2n) is 5.18. The van der Waals surface area contributed by atoms with Gasteiger partial charge in [-0.3, -0.25) is 14.0 Å². The Morgan fingerprint density at radius 1 is 1.39 bits per heavy atom. The number of nitrogens with zero attached hydrogens (tertiary/aromatic N) is 2. The summed E-state index contributed by atoms with van der Waals surface area (Å²) in [6.07, 6.45) is 3.28. The molecular weight excluding hydrogens is 362 g/mol. The molecule has 6 nitrogen and oxygen atoms in total. The Labute approximate surface area is 142 Å². The number of fused-ring (bicyclic) bond motifs is 1. The van der Waals surface area contributed by atoms with Gasteiger partial charge in [-0.05, 0) is 48.8 Å². The van der Waals surface area contributed by atoms with Gasteiger partial charge in [-0.25, -0.2) is 4.98 Å². The maximum atomic E-state index is 12.1. The molecule has 122 valence electrons. The zero-order chi connectivity index (χ0) is 17.0. The Balaban J connectivity index is 2.44. The number of carbonyl (C=O) groups excluding carboxylic acids is 2. The van der Waals surface area contributed by atoms with Crippen molar-refractivity contribution < 1.29 is 14.3 Å². The molecule has 23 heavy (non-hydrogen) atoms. The van der Waals surface area contributed by atoms with Gasteiger partial charge in [-0.2, -0.15) is 0 Å². The van der Waals surface area contributed by atoms with Gasteiger partial charge in [0.25, 0.3) is 0 Å². The van der Waals surface area contributed by atoms with Crippen molar-refractivity contribution >= 4 is 39.3 Å². The predicted octanol–water partition coefficient (Wildman–Crippen LogP) is 3.11. The number of aromatic nitrogens is 2. The highest BCUT2D eigenvalue weighted by Crippen LogP contribution is 2.22. The number of pyridine rings is 1. The monoisotopic (exact) mass is 379 g/mol. The quantitative estimate of drug-likeness (QED) is 0.639. The molecule has 2 rings (SSSR count). The third kappa shape index (κ3) is 4.41. The molecule has 0 saturated heterocycles. The van der Waals surface area contributed by atoms with Gasteiger partial charge in [0, 0.05) is 16.7 Å². The highest BCUT2D eigenvalue weighted by atomic mass is 79.9. The number of esters is 1. The van der Waals surface area contributed by atoms with Crippen LogP contribution in [0.4, 0.5) is 5.82 Å². The van der Waals surface area contributed by atoms with Crippen LogP contribution in [-0.4, -0.2) is 27.9 Å². The third-order valence-electron chi connectivity index (χ3n) is 2.93. The van der Waals surface area contributed by atoms with Gasteiger partial charge in [0.05, 0.1) is 18.7 Å². The second kappa shape index (κ2) is 7.41. The van der Waals surface area contributed by atoms with Crippen LogP contribution in [0.5, 0.6) is 0 Å². The number of halogens is 1. The number of nitrogens with one attached hydrogen (secondary N) is 1. The van der Waals surface area contributed by atoms with E-state index < -0.39 is 0 Å². The molecule has 0 bridgehead atoms. The van der Waals surface area contributed by atoms with Gasteiger partial charge in [0.15, 0.2) is 0 Å². The van der Waals surface area contributed by atoms with Gasteiger partial charge >= 0.3 is 5.97 Å². The largest absolute Gasteiger partial charge is 0.466 e. The number of amides is 1. The molecule has 1 amide bonds. The maximum Gasteiger partial charge on any atom is 0.312 e. The van der Waals surface area contributed by atoms with Crippen molar-refractivity contribution in [3.05, 3.63) is 40.1 Å². The van der Waals surface area contributed by atoms with Crippen molar-refractivity contribution in [2.24, 2.45) is 0 Å². The SMILES string of the molecule is CCOC(=O)Cc1nc2ccc(Br)cn2c1NC(=O)C=C(C)C. The van der Waals surface area contributed by atoms with E-state index in [1.54, 1.807) is 23.6 Å². The van der Waals surface area contributed by atoms with E-state index in [1.807, 2.05) is 19.9 Å². The number of hydrogen-bond donors (Lipinski definition) is 1. The highest BCUT2D eigenvalue weighted by molar-refractivity contribution is 9.10. The second-order valence-corrected chi connectivity index (χ2v) is 6.09. The molecule has 0 radical (unpaired) electrons. The fraction of sp³-hybridized carbons (Fsp3) is 0.312. The molecule has 0 saturated carbocycles. The summed E-state index contributed by atoms with van der Waals surface area (Å²) in [5.74, 6) is -0.179. The number of carbonyl (C=O) groups is 2. The minimum Gasteiger partial charge on any atom is -0.466 e. The van der Waals surface area contributed by atoms with Crippen molar-refractivity contribution in [1.29, 1.82) is 0 Å². The standard InChI is InChI=1S/C16H18BrN3O3/c1-4-23-15(22)8-12-16(19-14(21)7-10(2)3)20-9-11(17)5-6-13(20)18-12/h5-7,9H,4,8H2,1-3H3,(H,19,21). The smallest absolute Gasteiger partial charge is 0.312 e. The van der Waals surface area contributed by atoms with Crippen molar-refractivity contribution in [3.63, 3.8) is 0 Å². The van der Waals surface area contributed by atoms with Gasteiger partial charge < -0.3 is 10.1 Å². The fourth-order valence-electron chi connectivity index (χ4n) is 2.09. The molecule has 0 spiro atoms. The van der Waals surface area contributed by atoms with Crippen LogP contribution < -0.4 is 5.32 Å². The Morgan fingerprint density at radius 3 is 2.78 bits per heavy atom. The molecule has 1 N–H and O–H groups in total. The van der Waals surface area contributed by atoms with Gasteiger partial charge in [0.2, 0.25) is 5.91 Å². The van der Waals surface area contributed by atoms with E-state index in [0.29, 0.717) is 23.8 Å². The zero-order valence-corrected chi connectivity index (χ0v) is 14.8.